The Balaban J connectivity index is -0.000000155. The van der Waals surface area contributed by atoms with Crippen molar-refractivity contribution in [2.75, 3.05) is 14.2 Å². The summed E-state index contributed by atoms with van der Waals surface area (Å²) in [5, 5.41) is 16.5. The molecule has 0 saturated heterocycles. The molecule has 0 rings (SSSR count). The Morgan fingerprint density at radius 1 is 0.368 bits per heavy atom. The van der Waals surface area contributed by atoms with Gasteiger partial charge in [-0.3, -0.25) is 28.8 Å². The van der Waals surface area contributed by atoms with Gasteiger partial charge in [0.25, 0.3) is 11.6 Å². The van der Waals surface area contributed by atoms with Gasteiger partial charge in [0, 0.05) is 20.8 Å². The highest BCUT2D eigenvalue weighted by molar-refractivity contribution is 6.62. The quantitative estimate of drug-likeness (QED) is 0.0522. The largest absolute Gasteiger partial charge is 0.469 e. The number of nitrogens with zero attached hydrogens (tertiary/aromatic N) is 2. The number of esters is 6. The number of nitriles is 2. The molecule has 0 saturated carbocycles. The molecule has 0 N–H and O–H groups in total. The predicted octanol–water partition coefficient (Wildman–Crippen LogP) is 19.9. The number of ether oxygens (including phenoxy) is 6. The Labute approximate surface area is 570 Å². The third kappa shape index (κ3) is 49.1. The number of carbonyl (C=O) groups excluding carboxylic acids is 6. The van der Waals surface area contributed by atoms with Crippen LogP contribution in [-0.2, 0) is 57.2 Å². The minimum Gasteiger partial charge on any atom is -0.469 e. The fourth-order valence-corrected chi connectivity index (χ4v) is 4.17. The van der Waals surface area contributed by atoms with E-state index in [1.54, 1.807) is 138 Å². The zero-order chi connectivity index (χ0) is 79.4. The van der Waals surface area contributed by atoms with Gasteiger partial charge in [-0.15, -0.1) is 0 Å². The predicted molar refractivity (Wildman–Crippen MR) is 330 cm³/mol. The van der Waals surface area contributed by atoms with Crippen LogP contribution >= 0.6 is 46.4 Å². The van der Waals surface area contributed by atoms with E-state index >= 15 is 0 Å². The number of hydrogen-bond acceptors (Lipinski definition) is 14. The van der Waals surface area contributed by atoms with E-state index in [0.717, 1.165) is 0 Å². The summed E-state index contributed by atoms with van der Waals surface area (Å²) < 4.78 is 215. The normalized spacial score (nSPS) is 15.7. The summed E-state index contributed by atoms with van der Waals surface area (Å²) in [6.07, 6.45) is -14.8. The highest BCUT2D eigenvalue weighted by atomic mass is 35.5. The Morgan fingerprint density at radius 3 is 0.674 bits per heavy atom. The Morgan fingerprint density at radius 2 is 0.568 bits per heavy atom. The lowest BCUT2D eigenvalue weighted by atomic mass is 9.87. The van der Waals surface area contributed by atoms with Crippen LogP contribution in [0.1, 0.15) is 200 Å². The molecule has 14 nitrogen and oxygen atoms in total. The van der Waals surface area contributed by atoms with Gasteiger partial charge in [-0.2, -0.15) is 50.0 Å². The van der Waals surface area contributed by atoms with Gasteiger partial charge in [0.05, 0.1) is 73.7 Å². The Hall–Kier alpha value is -4.16. The van der Waals surface area contributed by atoms with Gasteiger partial charge >= 0.3 is 66.2 Å². The second-order valence-corrected chi connectivity index (χ2v) is 29.8. The smallest absolute Gasteiger partial charge is 0.428 e. The fraction of sp³-hybridized carbons (Fsp3) is 0.869. The number of rotatable bonds is 14. The summed E-state index contributed by atoms with van der Waals surface area (Å²) >= 11 is 22.0. The SMILES string of the molecule is CC(C#N)C(C)C#N.CC(C(=O)OC(C)(C)C)C(C)C(=O)OC(C)(C)C.CC(C(C)C(F)(F)F)C(F)(F)F.CC(Cl)(Cl)C(C)(Cl)Cl.CC(F)(F)C(C)(F)C(F)(F)F.CC(F)(F)C(C)(F)F.CCC(C)(C(=O)OC(C)(C)C)C(=O)OC(C)(C)C.COC(=O)C(C)C(C)C(=O)OC. The van der Waals surface area contributed by atoms with Crippen LogP contribution in [0.5, 0.6) is 0 Å². The molecule has 0 fully saturated rings. The molecule has 0 heterocycles. The molecule has 0 aromatic heterocycles. The van der Waals surface area contributed by atoms with Crippen LogP contribution in [0.3, 0.4) is 0 Å². The summed E-state index contributed by atoms with van der Waals surface area (Å²) in [5.41, 5.74) is -8.02. The van der Waals surface area contributed by atoms with Gasteiger partial charge in [0.2, 0.25) is 0 Å². The second kappa shape index (κ2) is 41.4. The van der Waals surface area contributed by atoms with Crippen LogP contribution in [0.4, 0.5) is 70.2 Å². The van der Waals surface area contributed by atoms with Crippen LogP contribution in [0, 0.1) is 75.4 Å². The molecule has 0 radical (unpaired) electrons. The summed E-state index contributed by atoms with van der Waals surface area (Å²) in [6.45, 7) is 39.1. The highest BCUT2D eigenvalue weighted by Crippen LogP contribution is 2.45. The maximum absolute atomic E-state index is 12.2. The molecule has 9 unspecified atom stereocenters. The van der Waals surface area contributed by atoms with Gasteiger partial charge in [0.1, 0.15) is 31.1 Å². The molecule has 566 valence electrons. The maximum Gasteiger partial charge on any atom is 0.428 e. The van der Waals surface area contributed by atoms with Crippen molar-refractivity contribution in [2.45, 2.75) is 273 Å². The molecular weight excluding hydrogens is 1400 g/mol. The van der Waals surface area contributed by atoms with Gasteiger partial charge in [0.15, 0.2) is 5.41 Å². The summed E-state index contributed by atoms with van der Waals surface area (Å²) in [4.78, 5) is 69.8. The van der Waals surface area contributed by atoms with Crippen molar-refractivity contribution >= 4 is 82.2 Å². The van der Waals surface area contributed by atoms with Crippen molar-refractivity contribution in [3.8, 4) is 12.1 Å². The molecule has 0 aromatic rings. The van der Waals surface area contributed by atoms with E-state index in [0.29, 0.717) is 20.3 Å². The molecular formula is C61H100Cl4F16N2O12. The lowest BCUT2D eigenvalue weighted by Gasteiger charge is -2.31. The molecule has 0 amide bonds. The van der Waals surface area contributed by atoms with Gasteiger partial charge in [-0.1, -0.05) is 94.9 Å². The molecule has 0 aliphatic rings. The zero-order valence-electron chi connectivity index (χ0n) is 59.7. The fourth-order valence-electron chi connectivity index (χ4n) is 4.17. The molecule has 9 atom stereocenters. The lowest BCUT2D eigenvalue weighted by molar-refractivity contribution is -0.289. The summed E-state index contributed by atoms with van der Waals surface area (Å²) in [5.74, 6) is -21.7. The first-order valence-corrected chi connectivity index (χ1v) is 30.1. The van der Waals surface area contributed by atoms with Crippen LogP contribution in [0.15, 0.2) is 0 Å². The zero-order valence-corrected chi connectivity index (χ0v) is 62.7. The van der Waals surface area contributed by atoms with E-state index in [1.807, 2.05) is 12.1 Å². The lowest BCUT2D eigenvalue weighted by Crippen LogP contribution is -2.51. The summed E-state index contributed by atoms with van der Waals surface area (Å²) in [7, 11) is 2.59. The average Bonchev–Trinajstić information content (AvgIpc) is 0.857. The van der Waals surface area contributed by atoms with E-state index in [-0.39, 0.29) is 51.5 Å². The maximum atomic E-state index is 12.2. The van der Waals surface area contributed by atoms with E-state index in [2.05, 4.69) is 9.47 Å². The molecule has 34 heteroatoms. The van der Waals surface area contributed by atoms with Crippen LogP contribution in [-0.4, -0.2) is 123 Å². The first-order chi connectivity index (χ1) is 41.0. The first-order valence-electron chi connectivity index (χ1n) is 28.6. The van der Waals surface area contributed by atoms with Crippen molar-refractivity contribution in [1.29, 1.82) is 10.5 Å². The minimum absolute atomic E-state index is 0.111. The summed E-state index contributed by atoms with van der Waals surface area (Å²) in [6, 6.07) is 3.99. The molecule has 0 spiro atoms. The minimum atomic E-state index is -5.54. The molecule has 95 heavy (non-hydrogen) atoms. The Bertz CT molecular complexity index is 2200. The van der Waals surface area contributed by atoms with Gasteiger partial charge < -0.3 is 28.4 Å². The standard InChI is InChI=1S/2C14H26O4.C8H14O4.C6H8F6.C6H8N2.C5H6F6.C4H6Cl4.C4H6F4/c1-9-14(8,10(15)17-12(2,3)4)11(16)18-13(5,6)7;1-9(11(15)17-13(3,4)5)10(2)12(16)18-14(6,7)8;1-5(7(9)11-3)6(2)8(10)12-4;1-3(5(7,8)9)4(2)6(10,11)12;1-5(3-7)6(2)4-8;1-3(6,4(2,7)8)5(9,10)11;2*1-3(5,6)4(2,7)8/h9H2,1-8H3;9-10H,1-8H3;5-6H,1-4H3;3-4H,1-2H3;5-6H,1-2H3;1-2H3;2*1-2H3. The topological polar surface area (TPSA) is 205 Å². The third-order valence-corrected chi connectivity index (χ3v) is 14.3. The van der Waals surface area contributed by atoms with Crippen molar-refractivity contribution in [1.82, 2.24) is 0 Å². The van der Waals surface area contributed by atoms with Crippen molar-refractivity contribution < 1.29 is 127 Å². The van der Waals surface area contributed by atoms with Crippen LogP contribution in [0.25, 0.3) is 0 Å². The molecule has 0 aliphatic heterocycles. The van der Waals surface area contributed by atoms with E-state index in [9.17, 15) is 99.0 Å². The second-order valence-electron chi connectivity index (χ2n) is 26.4. The number of halogens is 20. The van der Waals surface area contributed by atoms with E-state index in [1.165, 1.54) is 28.1 Å². The van der Waals surface area contributed by atoms with Gasteiger partial charge in [-0.05, 0) is 131 Å². The molecule has 0 bridgehead atoms. The monoisotopic (exact) mass is 1500 g/mol. The molecule has 0 aromatic carbocycles. The molecule has 0 aliphatic carbocycles. The van der Waals surface area contributed by atoms with Crippen LogP contribution in [0.2, 0.25) is 0 Å². The van der Waals surface area contributed by atoms with E-state index < -0.39 is 138 Å². The van der Waals surface area contributed by atoms with Crippen LogP contribution < -0.4 is 0 Å². The number of carbonyl (C=O) groups is 6. The number of methoxy groups -OCH3 is 2. The van der Waals surface area contributed by atoms with E-state index in [4.69, 9.17) is 75.9 Å². The first kappa shape index (κ1) is 107. The van der Waals surface area contributed by atoms with Crippen molar-refractivity contribution in [3.63, 3.8) is 0 Å². The number of alkyl halides is 20. The highest BCUT2D eigenvalue weighted by Gasteiger charge is 2.65. The number of hydrogen-bond donors (Lipinski definition) is 0. The van der Waals surface area contributed by atoms with Gasteiger partial charge in [-0.25, -0.2) is 30.7 Å². The van der Waals surface area contributed by atoms with Crippen molar-refractivity contribution in [2.24, 2.45) is 52.8 Å². The third-order valence-electron chi connectivity index (χ3n) is 12.4. The Kier molecular flexibility index (Phi) is 46.6. The average molecular weight is 1500 g/mol. The van der Waals surface area contributed by atoms with Crippen molar-refractivity contribution in [3.05, 3.63) is 0 Å².